The molecule has 0 saturated heterocycles. The number of amides is 1. The summed E-state index contributed by atoms with van der Waals surface area (Å²) in [6.07, 6.45) is 6.14. The van der Waals surface area contributed by atoms with E-state index in [1.165, 1.54) is 0 Å². The molecule has 0 radical (unpaired) electrons. The summed E-state index contributed by atoms with van der Waals surface area (Å²) in [5.74, 6) is -0.404. The molecule has 0 saturated carbocycles. The first-order valence-corrected chi connectivity index (χ1v) is 14.1. The van der Waals surface area contributed by atoms with Crippen LogP contribution in [0, 0.1) is 0 Å². The number of fused-ring (bicyclic) bond motifs is 2. The number of para-hydroxylation sites is 1. The molecule has 1 aromatic heterocycles. The van der Waals surface area contributed by atoms with Gasteiger partial charge < -0.3 is 11.1 Å². The number of pyridine rings is 1. The van der Waals surface area contributed by atoms with E-state index >= 15 is 0 Å². The summed E-state index contributed by atoms with van der Waals surface area (Å²) in [4.78, 5) is 17.6. The highest BCUT2D eigenvalue weighted by molar-refractivity contribution is 7.92. The number of sulfonamides is 1. The van der Waals surface area contributed by atoms with Crippen molar-refractivity contribution < 1.29 is 13.2 Å². The van der Waals surface area contributed by atoms with Crippen LogP contribution >= 0.6 is 12.4 Å². The fourth-order valence-electron chi connectivity index (χ4n) is 4.37. The highest BCUT2D eigenvalue weighted by Crippen LogP contribution is 2.34. The Hall–Kier alpha value is -3.36. The Bertz CT molecular complexity index is 1490. The third-order valence-electron chi connectivity index (χ3n) is 6.13. The van der Waals surface area contributed by atoms with Gasteiger partial charge in [0.1, 0.15) is 0 Å². The maximum Gasteiger partial charge on any atom is 0.240 e. The standard InChI is InChI=1S/C28H32N4O3S.ClH/c1-3-4-5-6-7-12-27(33)32(36(2,34)35)22-16-14-21(15-17-22)30-28-23-10-8-9-11-25(23)31-26-19-20(29)13-18-24(26)28;/h8-11,13-19H,3-7,12,29H2,1-2H3,(H,30,31);1H. The van der Waals surface area contributed by atoms with Crippen molar-refractivity contribution >= 4 is 72.9 Å². The van der Waals surface area contributed by atoms with Crippen molar-refractivity contribution in [2.45, 2.75) is 45.4 Å². The average Bonchev–Trinajstić information content (AvgIpc) is 2.84. The van der Waals surface area contributed by atoms with E-state index in [9.17, 15) is 13.2 Å². The van der Waals surface area contributed by atoms with Gasteiger partial charge in [-0.1, -0.05) is 50.8 Å². The number of carbonyl (C=O) groups excluding carboxylic acids is 1. The van der Waals surface area contributed by atoms with Crippen LogP contribution in [-0.4, -0.2) is 25.6 Å². The molecule has 9 heteroatoms. The molecule has 0 unspecified atom stereocenters. The summed E-state index contributed by atoms with van der Waals surface area (Å²) in [5.41, 5.74) is 10.2. The first-order chi connectivity index (χ1) is 17.3. The lowest BCUT2D eigenvalue weighted by Gasteiger charge is -2.21. The minimum absolute atomic E-state index is 0. The van der Waals surface area contributed by atoms with E-state index in [2.05, 4.69) is 12.2 Å². The minimum Gasteiger partial charge on any atom is -0.399 e. The molecular weight excluding hydrogens is 508 g/mol. The zero-order valence-electron chi connectivity index (χ0n) is 21.1. The second-order valence-electron chi connectivity index (χ2n) is 9.04. The predicted octanol–water partition coefficient (Wildman–Crippen LogP) is 6.79. The molecule has 1 amide bonds. The van der Waals surface area contributed by atoms with Crippen molar-refractivity contribution in [1.82, 2.24) is 4.98 Å². The lowest BCUT2D eigenvalue weighted by molar-refractivity contribution is -0.117. The molecular formula is C28H33ClN4O3S. The number of nitrogens with zero attached hydrogens (tertiary/aromatic N) is 2. The topological polar surface area (TPSA) is 105 Å². The number of rotatable bonds is 10. The molecule has 3 N–H and O–H groups in total. The molecule has 0 bridgehead atoms. The lowest BCUT2D eigenvalue weighted by Crippen LogP contribution is -2.36. The number of nitrogens with two attached hydrogens (primary N) is 1. The first kappa shape index (κ1) is 28.2. The predicted molar refractivity (Wildman–Crippen MR) is 156 cm³/mol. The highest BCUT2D eigenvalue weighted by Gasteiger charge is 2.24. The van der Waals surface area contributed by atoms with Crippen molar-refractivity contribution in [1.29, 1.82) is 0 Å². The fourth-order valence-corrected chi connectivity index (χ4v) is 5.34. The fraction of sp³-hybridized carbons (Fsp3) is 0.286. The molecule has 0 aliphatic rings. The molecule has 0 atom stereocenters. The number of nitrogens with one attached hydrogen (secondary N) is 1. The van der Waals surface area contributed by atoms with Crippen LogP contribution < -0.4 is 15.4 Å². The Balaban J connectivity index is 0.00000380. The van der Waals surface area contributed by atoms with Crippen molar-refractivity contribution in [3.05, 3.63) is 66.7 Å². The molecule has 3 aromatic carbocycles. The Morgan fingerprint density at radius 1 is 0.919 bits per heavy atom. The Kier molecular flexibility index (Phi) is 9.34. The Morgan fingerprint density at radius 3 is 2.30 bits per heavy atom. The van der Waals surface area contributed by atoms with Crippen molar-refractivity contribution in [2.75, 3.05) is 21.6 Å². The molecule has 0 fully saturated rings. The van der Waals surface area contributed by atoms with Crippen LogP contribution in [0.3, 0.4) is 0 Å². The van der Waals surface area contributed by atoms with Gasteiger partial charge in [-0.25, -0.2) is 17.7 Å². The van der Waals surface area contributed by atoms with Crippen molar-refractivity contribution in [2.24, 2.45) is 0 Å². The van der Waals surface area contributed by atoms with Gasteiger partial charge in [-0.2, -0.15) is 0 Å². The molecule has 0 aliphatic carbocycles. The largest absolute Gasteiger partial charge is 0.399 e. The van der Waals surface area contributed by atoms with Gasteiger partial charge >= 0.3 is 0 Å². The zero-order valence-corrected chi connectivity index (χ0v) is 22.7. The number of anilines is 4. The van der Waals surface area contributed by atoms with E-state index in [0.29, 0.717) is 17.8 Å². The van der Waals surface area contributed by atoms with Crippen molar-refractivity contribution in [3.8, 4) is 0 Å². The second-order valence-corrected chi connectivity index (χ2v) is 10.9. The van der Waals surface area contributed by atoms with Gasteiger partial charge in [0.05, 0.1) is 28.7 Å². The summed E-state index contributed by atoms with van der Waals surface area (Å²) in [5, 5.41) is 5.34. The van der Waals surface area contributed by atoms with Gasteiger partial charge in [0, 0.05) is 28.6 Å². The van der Waals surface area contributed by atoms with Gasteiger partial charge in [-0.3, -0.25) is 4.79 Å². The highest BCUT2D eigenvalue weighted by atomic mass is 35.5. The number of nitrogen functional groups attached to an aromatic ring is 1. The van der Waals surface area contributed by atoms with Crippen LogP contribution in [0.1, 0.15) is 45.4 Å². The SMILES string of the molecule is CCCCCCCC(=O)N(c1ccc(Nc2c3ccccc3nc3cc(N)ccc23)cc1)S(C)(=O)=O.Cl. The molecule has 4 aromatic rings. The third kappa shape index (κ3) is 6.70. The minimum atomic E-state index is -3.75. The van der Waals surface area contributed by atoms with E-state index < -0.39 is 15.9 Å². The van der Waals surface area contributed by atoms with E-state index in [1.54, 1.807) is 24.3 Å². The van der Waals surface area contributed by atoms with Gasteiger partial charge in [0.25, 0.3) is 0 Å². The first-order valence-electron chi connectivity index (χ1n) is 12.3. The number of halogens is 1. The average molecular weight is 541 g/mol. The molecule has 1 heterocycles. The van der Waals surface area contributed by atoms with E-state index in [1.807, 2.05) is 42.5 Å². The molecule has 196 valence electrons. The van der Waals surface area contributed by atoms with Crippen LogP contribution in [0.25, 0.3) is 21.8 Å². The monoisotopic (exact) mass is 540 g/mol. The second kappa shape index (κ2) is 12.3. The van der Waals surface area contributed by atoms with E-state index in [-0.39, 0.29) is 18.8 Å². The third-order valence-corrected chi connectivity index (χ3v) is 7.21. The lowest BCUT2D eigenvalue weighted by atomic mass is 10.1. The van der Waals surface area contributed by atoms with E-state index in [0.717, 1.165) is 69.4 Å². The molecule has 0 spiro atoms. The number of carbonyl (C=O) groups is 1. The Morgan fingerprint density at radius 2 is 1.59 bits per heavy atom. The molecule has 37 heavy (non-hydrogen) atoms. The Labute approximate surface area is 224 Å². The van der Waals surface area contributed by atoms with Gasteiger partial charge in [0.15, 0.2) is 0 Å². The smallest absolute Gasteiger partial charge is 0.240 e. The molecule has 0 aliphatic heterocycles. The van der Waals surface area contributed by atoms with Gasteiger partial charge in [0.2, 0.25) is 15.9 Å². The summed E-state index contributed by atoms with van der Waals surface area (Å²) < 4.78 is 25.9. The number of benzene rings is 3. The summed E-state index contributed by atoms with van der Waals surface area (Å²) >= 11 is 0. The van der Waals surface area contributed by atoms with Gasteiger partial charge in [-0.15, -0.1) is 12.4 Å². The van der Waals surface area contributed by atoms with E-state index in [4.69, 9.17) is 10.7 Å². The molecule has 7 nitrogen and oxygen atoms in total. The van der Waals surface area contributed by atoms with Crippen LogP contribution in [0.5, 0.6) is 0 Å². The summed E-state index contributed by atoms with van der Waals surface area (Å²) in [6.45, 7) is 2.13. The summed E-state index contributed by atoms with van der Waals surface area (Å²) in [6, 6.07) is 20.3. The van der Waals surface area contributed by atoms with Crippen molar-refractivity contribution in [3.63, 3.8) is 0 Å². The van der Waals surface area contributed by atoms with Crippen LogP contribution in [0.15, 0.2) is 66.7 Å². The summed E-state index contributed by atoms with van der Waals surface area (Å²) in [7, 11) is -3.75. The van der Waals surface area contributed by atoms with Crippen LogP contribution in [0.2, 0.25) is 0 Å². The maximum atomic E-state index is 12.8. The number of aromatic nitrogens is 1. The number of hydrogen-bond acceptors (Lipinski definition) is 6. The number of unbranched alkanes of at least 4 members (excludes halogenated alkanes) is 4. The molecule has 4 rings (SSSR count). The maximum absolute atomic E-state index is 12.8. The van der Waals surface area contributed by atoms with Crippen LogP contribution in [0.4, 0.5) is 22.7 Å². The van der Waals surface area contributed by atoms with Gasteiger partial charge in [-0.05, 0) is 55.0 Å². The normalized spacial score (nSPS) is 11.3. The number of hydrogen-bond donors (Lipinski definition) is 2. The quantitative estimate of drug-likeness (QED) is 0.130. The zero-order chi connectivity index (χ0) is 25.7. The van der Waals surface area contributed by atoms with Crippen LogP contribution in [-0.2, 0) is 14.8 Å².